The number of hydrogen-bond acceptors (Lipinski definition) is 8. The Hall–Kier alpha value is -2.36. The summed E-state index contributed by atoms with van der Waals surface area (Å²) in [6.45, 7) is 12.4. The van der Waals surface area contributed by atoms with E-state index in [0.717, 1.165) is 57.8 Å². The van der Waals surface area contributed by atoms with Crippen molar-refractivity contribution < 1.29 is 33.4 Å². The van der Waals surface area contributed by atoms with Crippen LogP contribution in [0.15, 0.2) is 0 Å². The summed E-state index contributed by atoms with van der Waals surface area (Å²) in [6, 6.07) is 0.0559. The van der Waals surface area contributed by atoms with Crippen molar-refractivity contribution in [2.75, 3.05) is 53.5 Å². The Labute approximate surface area is 444 Å². The summed E-state index contributed by atoms with van der Waals surface area (Å²) in [5, 5.41) is 0. The maximum atomic E-state index is 13.9. The summed E-state index contributed by atoms with van der Waals surface area (Å²) in [4.78, 5) is 58.4. The first-order chi connectivity index (χ1) is 35.1. The molecule has 10 nitrogen and oxygen atoms in total. The molecule has 0 atom stereocenters. The molecule has 0 spiro atoms. The number of piperidine rings is 1. The number of likely N-dealkylation sites (N-methyl/N-ethyl adjacent to an activating group) is 1. The van der Waals surface area contributed by atoms with Gasteiger partial charge in [-0.25, -0.2) is 4.79 Å². The van der Waals surface area contributed by atoms with Gasteiger partial charge >= 0.3 is 18.0 Å². The van der Waals surface area contributed by atoms with Crippen LogP contribution in [0.25, 0.3) is 0 Å². The van der Waals surface area contributed by atoms with Crippen LogP contribution >= 0.6 is 0 Å². The highest BCUT2D eigenvalue weighted by Crippen LogP contribution is 2.36. The van der Waals surface area contributed by atoms with Gasteiger partial charge in [0.15, 0.2) is 0 Å². The van der Waals surface area contributed by atoms with Crippen molar-refractivity contribution in [2.24, 2.45) is 17.8 Å². The third kappa shape index (κ3) is 34.3. The lowest BCUT2D eigenvalue weighted by molar-refractivity contribution is -0.148. The number of unbranched alkanes of at least 4 members (excludes halogenated alkanes) is 26. The number of nitrogens with zero attached hydrogens (tertiary/aromatic N) is 3. The van der Waals surface area contributed by atoms with E-state index < -0.39 is 0 Å². The highest BCUT2D eigenvalue weighted by atomic mass is 16.6. The molecular weight excluding hydrogens is 899 g/mol. The normalized spacial score (nSPS) is 16.2. The van der Waals surface area contributed by atoms with Gasteiger partial charge in [-0.2, -0.15) is 0 Å². The number of likely N-dealkylation sites (tertiary alicyclic amines) is 1. The van der Waals surface area contributed by atoms with Gasteiger partial charge < -0.3 is 28.9 Å². The van der Waals surface area contributed by atoms with E-state index in [-0.39, 0.29) is 42.0 Å². The highest BCUT2D eigenvalue weighted by molar-refractivity contribution is 5.78. The van der Waals surface area contributed by atoms with Crippen LogP contribution in [0.5, 0.6) is 0 Å². The Balaban J connectivity index is 1.85. The van der Waals surface area contributed by atoms with Crippen LogP contribution in [0.1, 0.15) is 291 Å². The molecule has 1 aliphatic heterocycles. The molecule has 0 unspecified atom stereocenters. The SMILES string of the molecule is CCCCCCCCCC(CCCCCCCCC)COC(=O)CCCCCCCN(C(=O)OC1CCN(C(=O)CN(C)C)CC1)C1CC(CC(=O)OCC(CCCCCCCC)CCCCCCCC)C1. The van der Waals surface area contributed by atoms with E-state index in [1.807, 2.05) is 28.8 Å². The number of carbonyl (C=O) groups excluding carboxylic acids is 4. The molecule has 2 amide bonds. The van der Waals surface area contributed by atoms with E-state index in [1.54, 1.807) is 0 Å². The topological polar surface area (TPSA) is 106 Å². The standard InChI is InChI=1S/C62H117N3O7/c1-7-11-15-19-23-28-34-38-54(39-35-29-24-20-16-12-8-2)52-70-60(67)42-36-30-25-31-37-45-65(62(69)72-58-43-46-64(47-44-58)59(66)51-63(5)6)57-48-56(49-57)50-61(68)71-53-55(40-32-26-21-17-13-9-3)41-33-27-22-18-14-10-4/h54-58H,7-53H2,1-6H3. The largest absolute Gasteiger partial charge is 0.465 e. The van der Waals surface area contributed by atoms with Crippen LogP contribution in [-0.4, -0.2) is 104 Å². The van der Waals surface area contributed by atoms with Gasteiger partial charge in [0.05, 0.1) is 19.8 Å². The Morgan fingerprint density at radius 1 is 0.500 bits per heavy atom. The molecule has 0 radical (unpaired) electrons. The van der Waals surface area contributed by atoms with Crippen molar-refractivity contribution in [2.45, 2.75) is 303 Å². The highest BCUT2D eigenvalue weighted by Gasteiger charge is 2.39. The first-order valence-corrected chi connectivity index (χ1v) is 31.3. The predicted molar refractivity (Wildman–Crippen MR) is 300 cm³/mol. The van der Waals surface area contributed by atoms with Crippen LogP contribution < -0.4 is 0 Å². The molecule has 0 N–H and O–H groups in total. The van der Waals surface area contributed by atoms with Gasteiger partial charge in [0.25, 0.3) is 0 Å². The summed E-state index contributed by atoms with van der Waals surface area (Å²) in [5.41, 5.74) is 0. The second-order valence-corrected chi connectivity index (χ2v) is 23.1. The number of amides is 2. The number of carbonyl (C=O) groups is 4. The lowest BCUT2D eigenvalue weighted by atomic mass is 9.77. The van der Waals surface area contributed by atoms with Crippen LogP contribution in [-0.2, 0) is 28.6 Å². The maximum absolute atomic E-state index is 13.9. The summed E-state index contributed by atoms with van der Waals surface area (Å²) in [7, 11) is 3.81. The second kappa shape index (κ2) is 44.9. The van der Waals surface area contributed by atoms with E-state index in [0.29, 0.717) is 76.9 Å². The number of ether oxygens (including phenoxy) is 3. The second-order valence-electron chi connectivity index (χ2n) is 23.1. The molecule has 0 aromatic rings. The zero-order valence-corrected chi connectivity index (χ0v) is 48.3. The molecule has 0 aromatic carbocycles. The zero-order chi connectivity index (χ0) is 52.3. The average molecular weight is 1020 g/mol. The Kier molecular flexibility index (Phi) is 41.0. The zero-order valence-electron chi connectivity index (χ0n) is 48.3. The minimum atomic E-state index is -0.258. The van der Waals surface area contributed by atoms with E-state index >= 15 is 0 Å². The fraction of sp³-hybridized carbons (Fsp3) is 0.935. The molecule has 2 aliphatic rings. The van der Waals surface area contributed by atoms with E-state index in [1.165, 1.54) is 180 Å². The first-order valence-electron chi connectivity index (χ1n) is 31.3. The number of hydrogen-bond donors (Lipinski definition) is 0. The molecule has 1 saturated carbocycles. The Bertz CT molecular complexity index is 1280. The summed E-state index contributed by atoms with van der Waals surface area (Å²) >= 11 is 0. The molecule has 1 heterocycles. The fourth-order valence-corrected chi connectivity index (χ4v) is 11.0. The minimum absolute atomic E-state index is 0.0504. The van der Waals surface area contributed by atoms with Crippen molar-refractivity contribution in [1.29, 1.82) is 0 Å². The van der Waals surface area contributed by atoms with Crippen molar-refractivity contribution in [3.63, 3.8) is 0 Å². The fourth-order valence-electron chi connectivity index (χ4n) is 11.0. The van der Waals surface area contributed by atoms with Gasteiger partial charge in [-0.15, -0.1) is 0 Å². The Morgan fingerprint density at radius 3 is 1.32 bits per heavy atom. The predicted octanol–water partition coefficient (Wildman–Crippen LogP) is 16.6. The molecule has 422 valence electrons. The molecular formula is C62H117N3O7. The first kappa shape index (κ1) is 65.8. The molecule has 10 heteroatoms. The lowest BCUT2D eigenvalue weighted by Crippen LogP contribution is -2.50. The molecule has 1 saturated heterocycles. The van der Waals surface area contributed by atoms with Crippen LogP contribution in [0.2, 0.25) is 0 Å². The van der Waals surface area contributed by atoms with Crippen molar-refractivity contribution in [1.82, 2.24) is 14.7 Å². The maximum Gasteiger partial charge on any atom is 0.410 e. The van der Waals surface area contributed by atoms with E-state index in [2.05, 4.69) is 27.7 Å². The third-order valence-corrected chi connectivity index (χ3v) is 16.0. The molecule has 0 aromatic heterocycles. The van der Waals surface area contributed by atoms with Crippen LogP contribution in [0.3, 0.4) is 0 Å². The molecule has 2 rings (SSSR count). The minimum Gasteiger partial charge on any atom is -0.465 e. The van der Waals surface area contributed by atoms with Crippen LogP contribution in [0.4, 0.5) is 4.79 Å². The summed E-state index contributed by atoms with van der Waals surface area (Å²) in [5.74, 6) is 1.13. The monoisotopic (exact) mass is 1020 g/mol. The summed E-state index contributed by atoms with van der Waals surface area (Å²) < 4.78 is 18.1. The van der Waals surface area contributed by atoms with E-state index in [9.17, 15) is 19.2 Å². The third-order valence-electron chi connectivity index (χ3n) is 16.0. The lowest BCUT2D eigenvalue weighted by Gasteiger charge is -2.43. The number of esters is 2. The van der Waals surface area contributed by atoms with Crippen LogP contribution in [0, 0.1) is 17.8 Å². The Morgan fingerprint density at radius 2 is 0.889 bits per heavy atom. The van der Waals surface area contributed by atoms with Crippen molar-refractivity contribution >= 4 is 23.9 Å². The molecule has 72 heavy (non-hydrogen) atoms. The van der Waals surface area contributed by atoms with Crippen molar-refractivity contribution in [3.8, 4) is 0 Å². The average Bonchev–Trinajstić information content (AvgIpc) is 3.35. The van der Waals surface area contributed by atoms with E-state index in [4.69, 9.17) is 14.2 Å². The van der Waals surface area contributed by atoms with Gasteiger partial charge in [-0.3, -0.25) is 14.4 Å². The van der Waals surface area contributed by atoms with Gasteiger partial charge in [0, 0.05) is 51.4 Å². The van der Waals surface area contributed by atoms with Crippen molar-refractivity contribution in [3.05, 3.63) is 0 Å². The molecule has 2 fully saturated rings. The molecule has 0 bridgehead atoms. The van der Waals surface area contributed by atoms with Gasteiger partial charge in [-0.1, -0.05) is 214 Å². The quantitative estimate of drug-likeness (QED) is 0.0337. The van der Waals surface area contributed by atoms with Gasteiger partial charge in [-0.05, 0) is 83.2 Å². The van der Waals surface area contributed by atoms with Gasteiger partial charge in [0.1, 0.15) is 6.10 Å². The molecule has 1 aliphatic carbocycles. The van der Waals surface area contributed by atoms with Gasteiger partial charge in [0.2, 0.25) is 5.91 Å². The summed E-state index contributed by atoms with van der Waals surface area (Å²) in [6.07, 6.45) is 46.4. The smallest absolute Gasteiger partial charge is 0.410 e. The number of rotatable bonds is 48.